The van der Waals surface area contributed by atoms with E-state index in [1.807, 2.05) is 59.3 Å². The third-order valence-electron chi connectivity index (χ3n) is 4.14. The quantitative estimate of drug-likeness (QED) is 0.419. The minimum absolute atomic E-state index is 0.213. The van der Waals surface area contributed by atoms with E-state index in [0.29, 0.717) is 5.69 Å². The molecule has 0 aliphatic carbocycles. The van der Waals surface area contributed by atoms with E-state index in [2.05, 4.69) is 10.3 Å². The molecule has 3 aromatic heterocycles. The van der Waals surface area contributed by atoms with Crippen LogP contribution in [0.15, 0.2) is 69.1 Å². The zero-order valence-electron chi connectivity index (χ0n) is 13.4. The van der Waals surface area contributed by atoms with Gasteiger partial charge in [0, 0.05) is 32.8 Å². The van der Waals surface area contributed by atoms with Crippen LogP contribution >= 0.6 is 22.7 Å². The second kappa shape index (κ2) is 6.09. The average Bonchev–Trinajstić information content (AvgIpc) is 3.40. The number of nitrogens with zero attached hydrogens (tertiary/aromatic N) is 1. The largest absolute Gasteiger partial charge is 0.456 e. The van der Waals surface area contributed by atoms with Crippen molar-refractivity contribution in [3.8, 4) is 10.6 Å². The lowest BCUT2D eigenvalue weighted by atomic mass is 10.1. The first-order chi connectivity index (χ1) is 12.8. The third kappa shape index (κ3) is 2.60. The van der Waals surface area contributed by atoms with Crippen molar-refractivity contribution >= 4 is 56.2 Å². The van der Waals surface area contributed by atoms with Crippen molar-refractivity contribution in [3.05, 3.63) is 70.4 Å². The molecule has 0 spiro atoms. The number of anilines is 1. The fraction of sp³-hybridized carbons (Fsp3) is 0. The number of carbonyl (C=O) groups excluding carboxylic acids is 1. The van der Waals surface area contributed by atoms with Gasteiger partial charge in [-0.3, -0.25) is 4.79 Å². The molecular formula is C20H12N2O2S2. The zero-order valence-corrected chi connectivity index (χ0v) is 15.1. The van der Waals surface area contributed by atoms with E-state index in [9.17, 15) is 4.79 Å². The van der Waals surface area contributed by atoms with Crippen molar-refractivity contribution in [1.82, 2.24) is 4.98 Å². The van der Waals surface area contributed by atoms with Crippen molar-refractivity contribution < 1.29 is 9.21 Å². The highest BCUT2D eigenvalue weighted by molar-refractivity contribution is 7.14. The summed E-state index contributed by atoms with van der Waals surface area (Å²) in [5.41, 5.74) is 3.83. The summed E-state index contributed by atoms with van der Waals surface area (Å²) in [6.45, 7) is 0. The van der Waals surface area contributed by atoms with Crippen LogP contribution in [0.25, 0.3) is 32.5 Å². The molecule has 0 fully saturated rings. The SMILES string of the molecule is O=C(Nc1ccc2oc3ccccc3c2c1)c1csc(-c2ccsc2)n1. The number of furan rings is 1. The number of thiazole rings is 1. The third-order valence-corrected chi connectivity index (χ3v) is 5.71. The molecule has 0 saturated carbocycles. The lowest BCUT2D eigenvalue weighted by molar-refractivity contribution is 0.102. The molecule has 6 heteroatoms. The molecule has 126 valence electrons. The lowest BCUT2D eigenvalue weighted by Crippen LogP contribution is -2.12. The lowest BCUT2D eigenvalue weighted by Gasteiger charge is -2.03. The van der Waals surface area contributed by atoms with Crippen LogP contribution < -0.4 is 5.32 Å². The number of para-hydroxylation sites is 1. The van der Waals surface area contributed by atoms with Gasteiger partial charge in [0.15, 0.2) is 0 Å². The minimum atomic E-state index is -0.213. The number of nitrogens with one attached hydrogen (secondary N) is 1. The van der Waals surface area contributed by atoms with Crippen LogP contribution in [0.1, 0.15) is 10.5 Å². The van der Waals surface area contributed by atoms with Crippen molar-refractivity contribution in [2.24, 2.45) is 0 Å². The topological polar surface area (TPSA) is 55.1 Å². The normalized spacial score (nSPS) is 11.2. The molecule has 1 amide bonds. The van der Waals surface area contributed by atoms with E-state index in [1.54, 1.807) is 16.7 Å². The van der Waals surface area contributed by atoms with Gasteiger partial charge in [-0.05, 0) is 35.7 Å². The molecular weight excluding hydrogens is 364 g/mol. The molecule has 5 rings (SSSR count). The van der Waals surface area contributed by atoms with Crippen molar-refractivity contribution in [2.45, 2.75) is 0 Å². The summed E-state index contributed by atoms with van der Waals surface area (Å²) >= 11 is 3.09. The maximum atomic E-state index is 12.5. The van der Waals surface area contributed by atoms with Gasteiger partial charge in [-0.15, -0.1) is 11.3 Å². The van der Waals surface area contributed by atoms with Crippen molar-refractivity contribution in [2.75, 3.05) is 5.32 Å². The van der Waals surface area contributed by atoms with Gasteiger partial charge in [0.25, 0.3) is 5.91 Å². The standard InChI is InChI=1S/C20H12N2O2S2/c23-19(16-11-26-20(22-16)12-7-8-25-10-12)21-13-5-6-18-15(9-13)14-3-1-2-4-17(14)24-18/h1-11H,(H,21,23). The van der Waals surface area contributed by atoms with Gasteiger partial charge < -0.3 is 9.73 Å². The highest BCUT2D eigenvalue weighted by Crippen LogP contribution is 2.31. The highest BCUT2D eigenvalue weighted by atomic mass is 32.1. The van der Waals surface area contributed by atoms with Crippen LogP contribution in [0.3, 0.4) is 0 Å². The number of benzene rings is 2. The van der Waals surface area contributed by atoms with Crippen LogP contribution in [0.5, 0.6) is 0 Å². The summed E-state index contributed by atoms with van der Waals surface area (Å²) in [4.78, 5) is 17.0. The number of hydrogen-bond acceptors (Lipinski definition) is 5. The zero-order chi connectivity index (χ0) is 17.5. The van der Waals surface area contributed by atoms with E-state index in [4.69, 9.17) is 4.42 Å². The van der Waals surface area contributed by atoms with E-state index in [-0.39, 0.29) is 5.91 Å². The molecule has 0 radical (unpaired) electrons. The van der Waals surface area contributed by atoms with Crippen LogP contribution in [-0.2, 0) is 0 Å². The van der Waals surface area contributed by atoms with Gasteiger partial charge in [-0.1, -0.05) is 18.2 Å². The van der Waals surface area contributed by atoms with Gasteiger partial charge >= 0.3 is 0 Å². The summed E-state index contributed by atoms with van der Waals surface area (Å²) in [6.07, 6.45) is 0. The molecule has 0 aliphatic heterocycles. The van der Waals surface area contributed by atoms with E-state index >= 15 is 0 Å². The Kier molecular flexibility index (Phi) is 3.58. The molecule has 0 bridgehead atoms. The van der Waals surface area contributed by atoms with Gasteiger partial charge in [-0.2, -0.15) is 11.3 Å². The monoisotopic (exact) mass is 376 g/mol. The second-order valence-electron chi connectivity index (χ2n) is 5.81. The van der Waals surface area contributed by atoms with Crippen molar-refractivity contribution in [1.29, 1.82) is 0 Å². The number of thiophene rings is 1. The highest BCUT2D eigenvalue weighted by Gasteiger charge is 2.13. The van der Waals surface area contributed by atoms with Gasteiger partial charge in [-0.25, -0.2) is 4.98 Å². The Morgan fingerprint density at radius 3 is 2.77 bits per heavy atom. The first kappa shape index (κ1) is 15.3. The molecule has 0 unspecified atom stereocenters. The Morgan fingerprint density at radius 1 is 1.00 bits per heavy atom. The van der Waals surface area contributed by atoms with Gasteiger partial charge in [0.2, 0.25) is 0 Å². The number of fused-ring (bicyclic) bond motifs is 3. The number of aromatic nitrogens is 1. The smallest absolute Gasteiger partial charge is 0.275 e. The van der Waals surface area contributed by atoms with E-state index in [0.717, 1.165) is 38.2 Å². The summed E-state index contributed by atoms with van der Waals surface area (Å²) in [5.74, 6) is -0.213. The Bertz CT molecular complexity index is 1240. The fourth-order valence-corrected chi connectivity index (χ4v) is 4.41. The van der Waals surface area contributed by atoms with Gasteiger partial charge in [0.1, 0.15) is 21.9 Å². The second-order valence-corrected chi connectivity index (χ2v) is 7.45. The first-order valence-corrected chi connectivity index (χ1v) is 9.81. The number of rotatable bonds is 3. The molecule has 0 saturated heterocycles. The predicted octanol–water partition coefficient (Wildman–Crippen LogP) is 6.02. The average molecular weight is 376 g/mol. The van der Waals surface area contributed by atoms with E-state index in [1.165, 1.54) is 11.3 Å². The number of carbonyl (C=O) groups is 1. The molecule has 5 aromatic rings. The molecule has 0 aliphatic rings. The van der Waals surface area contributed by atoms with Crippen molar-refractivity contribution in [3.63, 3.8) is 0 Å². The predicted molar refractivity (Wildman–Crippen MR) is 107 cm³/mol. The summed E-state index contributed by atoms with van der Waals surface area (Å²) < 4.78 is 5.82. The minimum Gasteiger partial charge on any atom is -0.456 e. The summed E-state index contributed by atoms with van der Waals surface area (Å²) in [7, 11) is 0. The molecule has 3 heterocycles. The van der Waals surface area contributed by atoms with E-state index < -0.39 is 0 Å². The first-order valence-electron chi connectivity index (χ1n) is 7.99. The molecule has 1 N–H and O–H groups in total. The Morgan fingerprint density at radius 2 is 1.88 bits per heavy atom. The van der Waals surface area contributed by atoms with Gasteiger partial charge in [0.05, 0.1) is 0 Å². The summed E-state index contributed by atoms with van der Waals surface area (Å²) in [6, 6.07) is 15.5. The Hall–Kier alpha value is -2.96. The molecule has 0 atom stereocenters. The fourth-order valence-electron chi connectivity index (χ4n) is 2.90. The molecule has 26 heavy (non-hydrogen) atoms. The summed E-state index contributed by atoms with van der Waals surface area (Å²) in [5, 5.41) is 11.6. The maximum absolute atomic E-state index is 12.5. The number of amides is 1. The number of hydrogen-bond donors (Lipinski definition) is 1. The van der Waals surface area contributed by atoms with Crippen LogP contribution in [0.2, 0.25) is 0 Å². The Balaban J connectivity index is 1.45. The maximum Gasteiger partial charge on any atom is 0.275 e. The molecule has 2 aromatic carbocycles. The van der Waals surface area contributed by atoms with Crippen LogP contribution in [-0.4, -0.2) is 10.9 Å². The van der Waals surface area contributed by atoms with Crippen LogP contribution in [0, 0.1) is 0 Å². The van der Waals surface area contributed by atoms with Crippen LogP contribution in [0.4, 0.5) is 5.69 Å². The molecule has 4 nitrogen and oxygen atoms in total. The Labute approximate surface area is 156 Å².